The molecule has 4 aromatic rings. The number of hydrogen-bond acceptors (Lipinski definition) is 10. The minimum atomic E-state index is -1.73. The first-order valence-electron chi connectivity index (χ1n) is 12.4. The van der Waals surface area contributed by atoms with E-state index in [9.17, 15) is 25.2 Å². The van der Waals surface area contributed by atoms with Crippen molar-refractivity contribution in [2.75, 3.05) is 6.61 Å². The minimum Gasteiger partial charge on any atom is -0.489 e. The molecule has 0 radical (unpaired) electrons. The van der Waals surface area contributed by atoms with Crippen molar-refractivity contribution in [1.29, 1.82) is 0 Å². The molecule has 2 heterocycles. The van der Waals surface area contributed by atoms with Crippen LogP contribution in [0.3, 0.4) is 0 Å². The van der Waals surface area contributed by atoms with Crippen LogP contribution in [-0.2, 0) is 18.0 Å². The van der Waals surface area contributed by atoms with E-state index in [4.69, 9.17) is 23.4 Å². The van der Waals surface area contributed by atoms with Gasteiger partial charge in [-0.3, -0.25) is 0 Å². The zero-order valence-corrected chi connectivity index (χ0v) is 20.8. The summed E-state index contributed by atoms with van der Waals surface area (Å²) in [7, 11) is 0. The van der Waals surface area contributed by atoms with E-state index in [2.05, 4.69) is 0 Å². The Bertz CT molecular complexity index is 1440. The Labute approximate surface area is 223 Å². The minimum absolute atomic E-state index is 0.0247. The van der Waals surface area contributed by atoms with Crippen LogP contribution in [0.4, 0.5) is 0 Å². The summed E-state index contributed by atoms with van der Waals surface area (Å²) in [6, 6.07) is 23.7. The first kappa shape index (κ1) is 26.7. The molecular formula is C29H28O10. The van der Waals surface area contributed by atoms with Crippen molar-refractivity contribution in [3.8, 4) is 17.2 Å². The highest BCUT2D eigenvalue weighted by atomic mass is 16.7. The summed E-state index contributed by atoms with van der Waals surface area (Å²) in [5, 5.41) is 40.6. The molecule has 0 saturated carbocycles. The molecule has 0 unspecified atom stereocenters. The summed E-state index contributed by atoms with van der Waals surface area (Å²) >= 11 is 0. The van der Waals surface area contributed by atoms with Crippen molar-refractivity contribution in [2.24, 2.45) is 0 Å². The lowest BCUT2D eigenvalue weighted by Gasteiger charge is -2.39. The molecule has 4 N–H and O–H groups in total. The molecule has 204 valence electrons. The van der Waals surface area contributed by atoms with Gasteiger partial charge in [0.25, 0.3) is 5.75 Å². The number of benzene rings is 3. The first-order valence-corrected chi connectivity index (χ1v) is 12.4. The molecule has 1 aromatic heterocycles. The van der Waals surface area contributed by atoms with Crippen molar-refractivity contribution in [3.63, 3.8) is 0 Å². The second kappa shape index (κ2) is 11.9. The molecule has 5 rings (SSSR count). The van der Waals surface area contributed by atoms with Gasteiger partial charge in [-0.1, -0.05) is 60.7 Å². The van der Waals surface area contributed by atoms with Gasteiger partial charge in [-0.2, -0.15) is 0 Å². The molecule has 0 bridgehead atoms. The topological polar surface area (TPSA) is 148 Å². The second-order valence-corrected chi connectivity index (χ2v) is 9.07. The van der Waals surface area contributed by atoms with Crippen molar-refractivity contribution in [2.45, 2.75) is 43.9 Å². The summed E-state index contributed by atoms with van der Waals surface area (Å²) in [6.07, 6.45) is -7.83. The van der Waals surface area contributed by atoms with E-state index in [1.807, 2.05) is 60.7 Å². The Morgan fingerprint density at radius 1 is 0.744 bits per heavy atom. The van der Waals surface area contributed by atoms with Gasteiger partial charge in [-0.15, -0.1) is 0 Å². The molecule has 5 atom stereocenters. The standard InChI is InChI=1S/C29H28O10/c30-14-22-23(31)24(32)25(33)29(38-22)39-27-26(36-16-18-9-5-2-6-10-18)20-12-11-19(13-21(20)37-28(27)34)35-15-17-7-3-1-4-8-17/h1-13,22-25,29-33H,14-16H2/t22-,23+,24+,25-,29+/m1/s1. The molecule has 1 aliphatic rings. The van der Waals surface area contributed by atoms with Crippen LogP contribution in [0.25, 0.3) is 11.0 Å². The molecule has 10 nitrogen and oxygen atoms in total. The summed E-state index contributed by atoms with van der Waals surface area (Å²) in [4.78, 5) is 13.1. The van der Waals surface area contributed by atoms with Crippen LogP contribution in [-0.4, -0.2) is 57.7 Å². The van der Waals surface area contributed by atoms with Gasteiger partial charge in [0.2, 0.25) is 6.29 Å². The van der Waals surface area contributed by atoms with Crippen molar-refractivity contribution >= 4 is 11.0 Å². The molecule has 0 amide bonds. The first-order chi connectivity index (χ1) is 18.9. The maximum atomic E-state index is 13.1. The summed E-state index contributed by atoms with van der Waals surface area (Å²) in [6.45, 7) is -0.261. The summed E-state index contributed by atoms with van der Waals surface area (Å²) in [5.41, 5.74) is 1.03. The van der Waals surface area contributed by atoms with E-state index in [-0.39, 0.29) is 17.9 Å². The predicted octanol–water partition coefficient (Wildman–Crippen LogP) is 2.13. The van der Waals surface area contributed by atoms with Crippen LogP contribution >= 0.6 is 0 Å². The van der Waals surface area contributed by atoms with Gasteiger partial charge < -0.3 is 43.8 Å². The quantitative estimate of drug-likeness (QED) is 0.235. The van der Waals surface area contributed by atoms with Gasteiger partial charge in [-0.25, -0.2) is 4.79 Å². The average Bonchev–Trinajstić information content (AvgIpc) is 2.97. The third-order valence-corrected chi connectivity index (χ3v) is 6.35. The van der Waals surface area contributed by atoms with Crippen molar-refractivity contribution < 1.29 is 43.8 Å². The molecule has 1 fully saturated rings. The van der Waals surface area contributed by atoms with E-state index in [1.54, 1.807) is 18.2 Å². The molecule has 0 spiro atoms. The van der Waals surface area contributed by atoms with Crippen LogP contribution in [0.2, 0.25) is 0 Å². The number of hydrogen-bond donors (Lipinski definition) is 4. The number of aliphatic hydroxyl groups is 4. The third-order valence-electron chi connectivity index (χ3n) is 6.35. The SMILES string of the molecule is O=c1oc2cc(OCc3ccccc3)ccc2c(OCc2ccccc2)c1O[C@@H]1O[C@H](CO)[C@H](O)[C@H](O)[C@H]1O. The van der Waals surface area contributed by atoms with E-state index in [1.165, 1.54) is 0 Å². The molecule has 10 heteroatoms. The van der Waals surface area contributed by atoms with Gasteiger partial charge in [-0.05, 0) is 23.3 Å². The highest BCUT2D eigenvalue weighted by molar-refractivity contribution is 5.86. The lowest BCUT2D eigenvalue weighted by atomic mass is 9.99. The fourth-order valence-electron chi connectivity index (χ4n) is 4.22. The Hall–Kier alpha value is -3.93. The van der Waals surface area contributed by atoms with Crippen molar-refractivity contribution in [1.82, 2.24) is 0 Å². The predicted molar refractivity (Wildman–Crippen MR) is 138 cm³/mol. The van der Waals surface area contributed by atoms with E-state index >= 15 is 0 Å². The largest absolute Gasteiger partial charge is 0.489 e. The zero-order valence-electron chi connectivity index (χ0n) is 20.8. The molecule has 3 aromatic carbocycles. The molecule has 1 aliphatic heterocycles. The highest BCUT2D eigenvalue weighted by Crippen LogP contribution is 2.37. The van der Waals surface area contributed by atoms with Crippen LogP contribution < -0.4 is 19.8 Å². The van der Waals surface area contributed by atoms with Crippen molar-refractivity contribution in [3.05, 3.63) is 100 Å². The van der Waals surface area contributed by atoms with E-state index < -0.39 is 48.7 Å². The average molecular weight is 537 g/mol. The Kier molecular flexibility index (Phi) is 8.10. The number of aliphatic hydroxyl groups excluding tert-OH is 4. The van der Waals surface area contributed by atoms with Gasteiger partial charge >= 0.3 is 5.63 Å². The van der Waals surface area contributed by atoms with Crippen LogP contribution in [0.5, 0.6) is 17.2 Å². The zero-order chi connectivity index (χ0) is 27.4. The smallest absolute Gasteiger partial charge is 0.383 e. The lowest BCUT2D eigenvalue weighted by Crippen LogP contribution is -2.60. The molecule has 1 saturated heterocycles. The molecular weight excluding hydrogens is 508 g/mol. The van der Waals surface area contributed by atoms with Gasteiger partial charge in [0.05, 0.1) is 12.0 Å². The molecule has 0 aliphatic carbocycles. The summed E-state index contributed by atoms with van der Waals surface area (Å²) in [5.74, 6) is 0.0866. The second-order valence-electron chi connectivity index (χ2n) is 9.07. The normalized spacial score (nSPS) is 22.9. The number of rotatable bonds is 9. The molecule has 39 heavy (non-hydrogen) atoms. The highest BCUT2D eigenvalue weighted by Gasteiger charge is 2.45. The fourth-order valence-corrected chi connectivity index (χ4v) is 4.22. The van der Waals surface area contributed by atoms with Crippen LogP contribution in [0.1, 0.15) is 11.1 Å². The number of fused-ring (bicyclic) bond motifs is 1. The Morgan fingerprint density at radius 3 is 2.03 bits per heavy atom. The van der Waals surface area contributed by atoms with Crippen LogP contribution in [0.15, 0.2) is 88.1 Å². The lowest BCUT2D eigenvalue weighted by molar-refractivity contribution is -0.278. The van der Waals surface area contributed by atoms with Crippen LogP contribution in [0, 0.1) is 0 Å². The monoisotopic (exact) mass is 536 g/mol. The Balaban J connectivity index is 1.48. The fraction of sp³-hybridized carbons (Fsp3) is 0.276. The van der Waals surface area contributed by atoms with Gasteiger partial charge in [0, 0.05) is 6.07 Å². The summed E-state index contributed by atoms with van der Waals surface area (Å²) < 4.78 is 28.5. The van der Waals surface area contributed by atoms with E-state index in [0.717, 1.165) is 11.1 Å². The maximum Gasteiger partial charge on any atom is 0.383 e. The maximum absolute atomic E-state index is 13.1. The van der Waals surface area contributed by atoms with E-state index in [0.29, 0.717) is 17.7 Å². The Morgan fingerprint density at radius 2 is 1.38 bits per heavy atom. The number of ether oxygens (including phenoxy) is 4. The van der Waals surface area contributed by atoms with Gasteiger partial charge in [0.1, 0.15) is 49.0 Å². The van der Waals surface area contributed by atoms with Gasteiger partial charge in [0.15, 0.2) is 5.75 Å². The third kappa shape index (κ3) is 5.90.